The zero-order chi connectivity index (χ0) is 16.8. The maximum atomic E-state index is 8.88. The molecule has 118 valence electrons. The van der Waals surface area contributed by atoms with Gasteiger partial charge in [0.15, 0.2) is 0 Å². The molecule has 1 N–H and O–H groups in total. The molecule has 0 aliphatic rings. The van der Waals surface area contributed by atoms with Gasteiger partial charge in [0.05, 0.1) is 0 Å². The molecule has 0 heterocycles. The molecule has 0 unspecified atom stereocenters. The van der Waals surface area contributed by atoms with Crippen LogP contribution in [-0.2, 0) is 0 Å². The summed E-state index contributed by atoms with van der Waals surface area (Å²) < 4.78 is 5.13. The Morgan fingerprint density at radius 3 is 2.00 bits per heavy atom. The smallest absolute Gasteiger partial charge is 0.504 e. The zero-order valence-electron chi connectivity index (χ0n) is 13.6. The molecule has 25 heavy (non-hydrogen) atoms. The van der Waals surface area contributed by atoms with Gasteiger partial charge in [0.25, 0.3) is 0 Å². The van der Waals surface area contributed by atoms with Crippen LogP contribution in [-0.4, -0.2) is 12.7 Å². The molecular formula is C22H15BO2. The Kier molecular flexibility index (Phi) is 3.15. The molecule has 5 aromatic carbocycles. The summed E-state index contributed by atoms with van der Waals surface area (Å²) in [7, 11) is -0.307. The Morgan fingerprint density at radius 2 is 1.28 bits per heavy atom. The van der Waals surface area contributed by atoms with Crippen molar-refractivity contribution in [2.45, 2.75) is 0 Å². The van der Waals surface area contributed by atoms with E-state index in [4.69, 9.17) is 9.68 Å². The molecule has 0 aliphatic carbocycles. The number of hydrogen-bond acceptors (Lipinski definition) is 2. The van der Waals surface area contributed by atoms with Crippen LogP contribution in [0, 0.1) is 0 Å². The normalized spacial score (nSPS) is 11.4. The van der Waals surface area contributed by atoms with Crippen molar-refractivity contribution in [1.29, 1.82) is 0 Å². The van der Waals surface area contributed by atoms with Gasteiger partial charge < -0.3 is 9.68 Å². The number of benzene rings is 5. The Balaban J connectivity index is 1.81. The molecule has 2 nitrogen and oxygen atoms in total. The molecule has 3 heteroatoms. The molecule has 0 spiro atoms. The van der Waals surface area contributed by atoms with Crippen molar-refractivity contribution in [2.24, 2.45) is 0 Å². The van der Waals surface area contributed by atoms with E-state index in [1.807, 2.05) is 24.3 Å². The average Bonchev–Trinajstić information content (AvgIpc) is 2.67. The first-order valence-corrected chi connectivity index (χ1v) is 8.36. The van der Waals surface area contributed by atoms with Gasteiger partial charge in [0.1, 0.15) is 5.75 Å². The van der Waals surface area contributed by atoms with Crippen molar-refractivity contribution in [3.05, 3.63) is 78.9 Å². The maximum Gasteiger partial charge on any atom is 0.504 e. The fourth-order valence-electron chi connectivity index (χ4n) is 3.79. The number of hydrogen-bond donors (Lipinski definition) is 1. The molecule has 0 fully saturated rings. The molecular weight excluding hydrogens is 307 g/mol. The third kappa shape index (κ3) is 2.17. The molecule has 5 rings (SSSR count). The summed E-state index contributed by atoms with van der Waals surface area (Å²) in [5.41, 5.74) is 2.35. The van der Waals surface area contributed by atoms with Crippen molar-refractivity contribution in [3.63, 3.8) is 0 Å². The monoisotopic (exact) mass is 322 g/mol. The summed E-state index contributed by atoms with van der Waals surface area (Å²) in [5, 5.41) is 16.6. The lowest BCUT2D eigenvalue weighted by atomic mass is 9.90. The Morgan fingerprint density at radius 1 is 0.640 bits per heavy atom. The van der Waals surface area contributed by atoms with E-state index in [1.54, 1.807) is 0 Å². The molecule has 0 aliphatic heterocycles. The van der Waals surface area contributed by atoms with Crippen molar-refractivity contribution >= 4 is 40.0 Å². The van der Waals surface area contributed by atoms with Gasteiger partial charge in [-0.05, 0) is 55.6 Å². The molecule has 5 aromatic rings. The first-order chi connectivity index (χ1) is 12.3. The van der Waals surface area contributed by atoms with Crippen LogP contribution < -0.4 is 4.65 Å². The molecule has 0 amide bonds. The third-order valence-electron chi connectivity index (χ3n) is 4.93. The summed E-state index contributed by atoms with van der Waals surface area (Å²) in [6.07, 6.45) is 0. The molecule has 0 bridgehead atoms. The summed E-state index contributed by atoms with van der Waals surface area (Å²) in [4.78, 5) is 0. The van der Waals surface area contributed by atoms with Crippen molar-refractivity contribution < 1.29 is 9.68 Å². The van der Waals surface area contributed by atoms with Gasteiger partial charge in [-0.1, -0.05) is 66.7 Å². The van der Waals surface area contributed by atoms with Gasteiger partial charge in [-0.15, -0.1) is 0 Å². The van der Waals surface area contributed by atoms with Crippen molar-refractivity contribution in [3.8, 4) is 16.9 Å². The van der Waals surface area contributed by atoms with E-state index in [0.29, 0.717) is 5.75 Å². The van der Waals surface area contributed by atoms with Gasteiger partial charge in [-0.3, -0.25) is 0 Å². The first-order valence-electron chi connectivity index (χ1n) is 8.36. The highest BCUT2D eigenvalue weighted by atomic mass is 16.5. The lowest BCUT2D eigenvalue weighted by Crippen LogP contribution is -1.99. The van der Waals surface area contributed by atoms with E-state index < -0.39 is 0 Å². The minimum absolute atomic E-state index is 0.307. The minimum Gasteiger partial charge on any atom is -0.539 e. The van der Waals surface area contributed by atoms with E-state index in [2.05, 4.69) is 54.6 Å². The highest BCUT2D eigenvalue weighted by molar-refractivity contribution is 6.25. The minimum atomic E-state index is -0.307. The highest BCUT2D eigenvalue weighted by Crippen LogP contribution is 2.39. The summed E-state index contributed by atoms with van der Waals surface area (Å²) >= 11 is 0. The summed E-state index contributed by atoms with van der Waals surface area (Å²) in [6.45, 7) is 0. The lowest BCUT2D eigenvalue weighted by Gasteiger charge is -2.14. The Bertz CT molecular complexity index is 1180. The molecule has 0 atom stereocenters. The molecule has 0 aromatic heterocycles. The molecule has 0 saturated carbocycles. The zero-order valence-corrected chi connectivity index (χ0v) is 13.6. The van der Waals surface area contributed by atoms with E-state index in [9.17, 15) is 0 Å². The standard InChI is InChI=1S/C22H15BO2/c24-23-25-18-10-6-14(7-11-18)19-12-8-17-5-4-15-2-1-3-16-9-13-20(19)22(17)21(15)16/h1-13,23-24H. The van der Waals surface area contributed by atoms with Crippen LogP contribution in [0.25, 0.3) is 43.4 Å². The fraction of sp³-hybridized carbons (Fsp3) is 0. The second kappa shape index (κ2) is 5.50. The Hall–Kier alpha value is -3.04. The van der Waals surface area contributed by atoms with Gasteiger partial charge >= 0.3 is 7.69 Å². The topological polar surface area (TPSA) is 29.5 Å². The van der Waals surface area contributed by atoms with Gasteiger partial charge in [-0.2, -0.15) is 0 Å². The quantitative estimate of drug-likeness (QED) is 0.379. The SMILES string of the molecule is OBOc1ccc(-c2ccc3ccc4cccc5ccc2c3c45)cc1. The maximum absolute atomic E-state index is 8.88. The predicted octanol–water partition coefficient (Wildman–Crippen LogP) is 4.89. The van der Waals surface area contributed by atoms with E-state index in [-0.39, 0.29) is 7.69 Å². The summed E-state index contributed by atoms with van der Waals surface area (Å²) in [6, 6.07) is 27.5. The van der Waals surface area contributed by atoms with Crippen LogP contribution >= 0.6 is 0 Å². The molecule has 0 saturated heterocycles. The van der Waals surface area contributed by atoms with E-state index in [1.165, 1.54) is 37.9 Å². The largest absolute Gasteiger partial charge is 0.539 e. The van der Waals surface area contributed by atoms with Crippen LogP contribution in [0.1, 0.15) is 0 Å². The van der Waals surface area contributed by atoms with Crippen molar-refractivity contribution in [2.75, 3.05) is 0 Å². The van der Waals surface area contributed by atoms with Crippen molar-refractivity contribution in [1.82, 2.24) is 0 Å². The first kappa shape index (κ1) is 14.3. The predicted molar refractivity (Wildman–Crippen MR) is 106 cm³/mol. The van der Waals surface area contributed by atoms with E-state index in [0.717, 1.165) is 5.56 Å². The lowest BCUT2D eigenvalue weighted by molar-refractivity contribution is 0.454. The van der Waals surface area contributed by atoms with Crippen LogP contribution in [0.15, 0.2) is 78.9 Å². The average molecular weight is 322 g/mol. The Labute approximate surface area is 145 Å². The second-order valence-corrected chi connectivity index (χ2v) is 6.27. The van der Waals surface area contributed by atoms with Crippen LogP contribution in [0.3, 0.4) is 0 Å². The molecule has 0 radical (unpaired) electrons. The highest BCUT2D eigenvalue weighted by Gasteiger charge is 2.11. The third-order valence-corrected chi connectivity index (χ3v) is 4.93. The van der Waals surface area contributed by atoms with Crippen LogP contribution in [0.4, 0.5) is 0 Å². The van der Waals surface area contributed by atoms with Gasteiger partial charge in [0.2, 0.25) is 0 Å². The van der Waals surface area contributed by atoms with Crippen LogP contribution in [0.5, 0.6) is 5.75 Å². The van der Waals surface area contributed by atoms with E-state index >= 15 is 0 Å². The second-order valence-electron chi connectivity index (χ2n) is 6.27. The number of rotatable bonds is 3. The van der Waals surface area contributed by atoms with Gasteiger partial charge in [-0.25, -0.2) is 0 Å². The fourth-order valence-corrected chi connectivity index (χ4v) is 3.79. The van der Waals surface area contributed by atoms with Gasteiger partial charge in [0, 0.05) is 0 Å². The summed E-state index contributed by atoms with van der Waals surface area (Å²) in [5.74, 6) is 0.670. The van der Waals surface area contributed by atoms with Crippen LogP contribution in [0.2, 0.25) is 0 Å².